The summed E-state index contributed by atoms with van der Waals surface area (Å²) in [6, 6.07) is 16.2. The topological polar surface area (TPSA) is 55.1 Å². The zero-order valence-corrected chi connectivity index (χ0v) is 15.1. The lowest BCUT2D eigenvalue weighted by atomic mass is 10.0. The number of nitrogens with zero attached hydrogens (tertiary/aromatic N) is 2. The van der Waals surface area contributed by atoms with E-state index in [2.05, 4.69) is 32.0 Å². The van der Waals surface area contributed by atoms with E-state index in [1.54, 1.807) is 0 Å². The molecule has 1 N–H and O–H groups in total. The molecule has 3 aromatic rings. The standard InChI is InChI=1S/C20H20N2O2S/c1-14-8-9-16(10-15(14)2)20-17(12-25-13-19(23)24)11-22(21-20)18-6-4-3-5-7-18/h3-11H,12-13H2,1-2H3,(H,23,24). The van der Waals surface area contributed by atoms with Crippen LogP contribution in [0, 0.1) is 13.8 Å². The van der Waals surface area contributed by atoms with Gasteiger partial charge in [-0.3, -0.25) is 4.79 Å². The van der Waals surface area contributed by atoms with E-state index < -0.39 is 5.97 Å². The van der Waals surface area contributed by atoms with Crippen molar-refractivity contribution in [2.24, 2.45) is 0 Å². The summed E-state index contributed by atoms with van der Waals surface area (Å²) in [6.07, 6.45) is 1.99. The fourth-order valence-corrected chi connectivity index (χ4v) is 3.32. The minimum absolute atomic E-state index is 0.0862. The van der Waals surface area contributed by atoms with E-state index >= 15 is 0 Å². The number of rotatable bonds is 6. The fraction of sp³-hybridized carbons (Fsp3) is 0.200. The molecule has 0 aliphatic heterocycles. The number of hydrogen-bond acceptors (Lipinski definition) is 3. The van der Waals surface area contributed by atoms with Crippen LogP contribution in [0.1, 0.15) is 16.7 Å². The Morgan fingerprint density at radius 1 is 1.12 bits per heavy atom. The van der Waals surface area contributed by atoms with Crippen molar-refractivity contribution in [3.63, 3.8) is 0 Å². The number of carbonyl (C=O) groups is 1. The molecule has 5 heteroatoms. The van der Waals surface area contributed by atoms with Crippen molar-refractivity contribution in [1.29, 1.82) is 0 Å². The highest BCUT2D eigenvalue weighted by molar-refractivity contribution is 7.99. The Morgan fingerprint density at radius 3 is 2.56 bits per heavy atom. The Kier molecular flexibility index (Phi) is 5.24. The predicted molar refractivity (Wildman–Crippen MR) is 102 cm³/mol. The summed E-state index contributed by atoms with van der Waals surface area (Å²) < 4.78 is 1.86. The second-order valence-electron chi connectivity index (χ2n) is 5.97. The van der Waals surface area contributed by atoms with Crippen molar-refractivity contribution in [2.75, 3.05) is 5.75 Å². The first-order valence-corrected chi connectivity index (χ1v) is 9.21. The van der Waals surface area contributed by atoms with Crippen molar-refractivity contribution in [1.82, 2.24) is 9.78 Å². The largest absolute Gasteiger partial charge is 0.481 e. The number of carboxylic acid groups (broad SMARTS) is 1. The smallest absolute Gasteiger partial charge is 0.313 e. The van der Waals surface area contributed by atoms with E-state index in [0.717, 1.165) is 22.5 Å². The molecule has 0 unspecified atom stereocenters. The summed E-state index contributed by atoms with van der Waals surface area (Å²) >= 11 is 1.39. The zero-order valence-electron chi connectivity index (χ0n) is 14.3. The van der Waals surface area contributed by atoms with Gasteiger partial charge in [0.25, 0.3) is 0 Å². The van der Waals surface area contributed by atoms with Gasteiger partial charge in [0.2, 0.25) is 0 Å². The maximum Gasteiger partial charge on any atom is 0.313 e. The van der Waals surface area contributed by atoms with E-state index in [1.807, 2.05) is 41.2 Å². The number of aromatic nitrogens is 2. The van der Waals surface area contributed by atoms with E-state index in [1.165, 1.54) is 22.9 Å². The maximum absolute atomic E-state index is 10.8. The molecular weight excluding hydrogens is 332 g/mol. The molecule has 1 aromatic heterocycles. The van der Waals surface area contributed by atoms with Gasteiger partial charge in [0.1, 0.15) is 0 Å². The highest BCUT2D eigenvalue weighted by atomic mass is 32.2. The molecule has 0 amide bonds. The van der Waals surface area contributed by atoms with E-state index in [-0.39, 0.29) is 5.75 Å². The van der Waals surface area contributed by atoms with Gasteiger partial charge in [-0.2, -0.15) is 5.10 Å². The molecule has 0 spiro atoms. The Labute approximate surface area is 151 Å². The van der Waals surface area contributed by atoms with Crippen LogP contribution >= 0.6 is 11.8 Å². The SMILES string of the molecule is Cc1ccc(-c2nn(-c3ccccc3)cc2CSCC(=O)O)cc1C. The molecule has 0 fully saturated rings. The summed E-state index contributed by atoms with van der Waals surface area (Å²) in [5.41, 5.74) is 6.46. The first kappa shape index (κ1) is 17.3. The molecule has 25 heavy (non-hydrogen) atoms. The Balaban J connectivity index is 2.00. The molecule has 4 nitrogen and oxygen atoms in total. The van der Waals surface area contributed by atoms with Gasteiger partial charge >= 0.3 is 5.97 Å². The molecule has 0 saturated heterocycles. The second-order valence-corrected chi connectivity index (χ2v) is 6.95. The summed E-state index contributed by atoms with van der Waals surface area (Å²) in [5, 5.41) is 13.7. The van der Waals surface area contributed by atoms with Crippen molar-refractivity contribution in [3.8, 4) is 16.9 Å². The summed E-state index contributed by atoms with van der Waals surface area (Å²) in [5.74, 6) is -0.0993. The van der Waals surface area contributed by atoms with Crippen LogP contribution < -0.4 is 0 Å². The van der Waals surface area contributed by atoms with Crippen LogP contribution in [-0.2, 0) is 10.5 Å². The van der Waals surface area contributed by atoms with Gasteiger partial charge in [0, 0.05) is 23.1 Å². The molecule has 128 valence electrons. The van der Waals surface area contributed by atoms with Gasteiger partial charge in [0.15, 0.2) is 0 Å². The molecule has 2 aromatic carbocycles. The lowest BCUT2D eigenvalue weighted by Gasteiger charge is -2.05. The van der Waals surface area contributed by atoms with Crippen LogP contribution in [0.4, 0.5) is 0 Å². The number of carboxylic acids is 1. The summed E-state index contributed by atoms with van der Waals surface area (Å²) in [7, 11) is 0. The monoisotopic (exact) mass is 352 g/mol. The van der Waals surface area contributed by atoms with Gasteiger partial charge in [-0.25, -0.2) is 4.68 Å². The van der Waals surface area contributed by atoms with Crippen molar-refractivity contribution >= 4 is 17.7 Å². The third kappa shape index (κ3) is 4.12. The third-order valence-electron chi connectivity index (χ3n) is 4.07. The van der Waals surface area contributed by atoms with E-state index in [9.17, 15) is 4.79 Å². The predicted octanol–water partition coefficient (Wildman–Crippen LogP) is 4.47. The number of para-hydroxylation sites is 1. The van der Waals surface area contributed by atoms with Crippen LogP contribution in [-0.4, -0.2) is 26.6 Å². The molecule has 0 aliphatic rings. The molecule has 0 radical (unpaired) electrons. The Morgan fingerprint density at radius 2 is 1.88 bits per heavy atom. The number of hydrogen-bond donors (Lipinski definition) is 1. The minimum atomic E-state index is -0.798. The molecule has 0 saturated carbocycles. The van der Waals surface area contributed by atoms with Gasteiger partial charge < -0.3 is 5.11 Å². The summed E-state index contributed by atoms with van der Waals surface area (Å²) in [4.78, 5) is 10.8. The van der Waals surface area contributed by atoms with Gasteiger partial charge in [-0.15, -0.1) is 11.8 Å². The quantitative estimate of drug-likeness (QED) is 0.711. The van der Waals surface area contributed by atoms with Crippen molar-refractivity contribution < 1.29 is 9.90 Å². The van der Waals surface area contributed by atoms with Crippen molar-refractivity contribution in [2.45, 2.75) is 19.6 Å². The first-order chi connectivity index (χ1) is 12.0. The number of thioether (sulfide) groups is 1. The Bertz CT molecular complexity index is 888. The van der Waals surface area contributed by atoms with Crippen LogP contribution in [0.15, 0.2) is 54.7 Å². The van der Waals surface area contributed by atoms with Crippen LogP contribution in [0.5, 0.6) is 0 Å². The average Bonchev–Trinajstić information content (AvgIpc) is 3.02. The molecule has 3 rings (SSSR count). The lowest BCUT2D eigenvalue weighted by Crippen LogP contribution is -1.98. The highest BCUT2D eigenvalue weighted by Gasteiger charge is 2.13. The lowest BCUT2D eigenvalue weighted by molar-refractivity contribution is -0.133. The number of benzene rings is 2. The van der Waals surface area contributed by atoms with Crippen LogP contribution in [0.3, 0.4) is 0 Å². The number of aryl methyl sites for hydroxylation is 2. The molecule has 0 aliphatic carbocycles. The highest BCUT2D eigenvalue weighted by Crippen LogP contribution is 2.28. The van der Waals surface area contributed by atoms with Gasteiger partial charge in [0.05, 0.1) is 17.1 Å². The maximum atomic E-state index is 10.8. The number of aliphatic carboxylic acids is 1. The van der Waals surface area contributed by atoms with Crippen LogP contribution in [0.25, 0.3) is 16.9 Å². The summed E-state index contributed by atoms with van der Waals surface area (Å²) in [6.45, 7) is 4.18. The first-order valence-electron chi connectivity index (χ1n) is 8.05. The van der Waals surface area contributed by atoms with Crippen molar-refractivity contribution in [3.05, 3.63) is 71.4 Å². The minimum Gasteiger partial charge on any atom is -0.481 e. The van der Waals surface area contributed by atoms with E-state index in [0.29, 0.717) is 5.75 Å². The van der Waals surface area contributed by atoms with Crippen LogP contribution in [0.2, 0.25) is 0 Å². The van der Waals surface area contributed by atoms with Gasteiger partial charge in [-0.1, -0.05) is 30.3 Å². The second kappa shape index (κ2) is 7.57. The molecular formula is C20H20N2O2S. The fourth-order valence-electron chi connectivity index (χ4n) is 2.61. The third-order valence-corrected chi connectivity index (χ3v) is 5.04. The average molecular weight is 352 g/mol. The molecule has 0 atom stereocenters. The normalized spacial score (nSPS) is 10.8. The van der Waals surface area contributed by atoms with Gasteiger partial charge in [-0.05, 0) is 43.2 Å². The Hall–Kier alpha value is -2.53. The molecule has 0 bridgehead atoms. The molecule has 1 heterocycles. The zero-order chi connectivity index (χ0) is 17.8. The van der Waals surface area contributed by atoms with E-state index in [4.69, 9.17) is 10.2 Å².